The summed E-state index contributed by atoms with van der Waals surface area (Å²) in [6.45, 7) is 4.16. The van der Waals surface area contributed by atoms with Crippen molar-refractivity contribution in [2.75, 3.05) is 21.3 Å². The topological polar surface area (TPSA) is 68.2 Å². The van der Waals surface area contributed by atoms with Crippen LogP contribution < -0.4 is 14.2 Å². The number of benzene rings is 2. The van der Waals surface area contributed by atoms with Crippen LogP contribution in [0.2, 0.25) is 0 Å². The summed E-state index contributed by atoms with van der Waals surface area (Å²) in [5.74, 6) is 1.49. The summed E-state index contributed by atoms with van der Waals surface area (Å²) in [4.78, 5) is 15.3. The Morgan fingerprint density at radius 1 is 0.906 bits per heavy atom. The molecule has 174 valence electrons. The van der Waals surface area contributed by atoms with E-state index in [4.69, 9.17) is 14.2 Å². The molecule has 0 aliphatic heterocycles. The number of rotatable bonds is 8. The molecule has 2 aromatic rings. The van der Waals surface area contributed by atoms with Crippen molar-refractivity contribution in [3.05, 3.63) is 53.1 Å². The zero-order valence-corrected chi connectivity index (χ0v) is 19.8. The van der Waals surface area contributed by atoms with Gasteiger partial charge in [0.2, 0.25) is 5.75 Å². The average Bonchev–Trinajstić information content (AvgIpc) is 2.83. The molecule has 0 bridgehead atoms. The van der Waals surface area contributed by atoms with E-state index in [1.54, 1.807) is 57.7 Å². The van der Waals surface area contributed by atoms with E-state index in [0.29, 0.717) is 40.0 Å². The van der Waals surface area contributed by atoms with Gasteiger partial charge in [-0.25, -0.2) is 0 Å². The molecule has 0 aromatic heterocycles. The molecule has 1 amide bonds. The zero-order chi connectivity index (χ0) is 23.3. The number of aliphatic hydroxyl groups is 1. The van der Waals surface area contributed by atoms with Crippen molar-refractivity contribution in [2.45, 2.75) is 64.1 Å². The Hall–Kier alpha value is -2.73. The number of carbonyl (C=O) groups is 1. The molecule has 1 atom stereocenters. The number of carbonyl (C=O) groups excluding carboxylic acids is 1. The average molecular weight is 442 g/mol. The molecule has 0 spiro atoms. The lowest BCUT2D eigenvalue weighted by atomic mass is 9.92. The van der Waals surface area contributed by atoms with E-state index >= 15 is 0 Å². The Morgan fingerprint density at radius 3 is 1.94 bits per heavy atom. The maximum Gasteiger partial charge on any atom is 0.254 e. The second-order valence-corrected chi connectivity index (χ2v) is 8.58. The molecule has 1 unspecified atom stereocenters. The van der Waals surface area contributed by atoms with Crippen LogP contribution in [0, 0.1) is 0 Å². The van der Waals surface area contributed by atoms with Crippen molar-refractivity contribution in [3.8, 4) is 17.2 Å². The quantitative estimate of drug-likeness (QED) is 0.626. The molecule has 2 aromatic carbocycles. The molecule has 1 N–H and O–H groups in total. The van der Waals surface area contributed by atoms with Crippen molar-refractivity contribution in [2.24, 2.45) is 0 Å². The smallest absolute Gasteiger partial charge is 0.254 e. The summed E-state index contributed by atoms with van der Waals surface area (Å²) in [6, 6.07) is 11.1. The maximum atomic E-state index is 13.3. The van der Waals surface area contributed by atoms with E-state index in [1.165, 1.54) is 19.3 Å². The lowest BCUT2D eigenvalue weighted by Gasteiger charge is -2.37. The number of hydrogen-bond donors (Lipinski definition) is 1. The number of methoxy groups -OCH3 is 3. The third kappa shape index (κ3) is 5.01. The Kier molecular flexibility index (Phi) is 8.02. The second kappa shape index (κ2) is 10.7. The predicted molar refractivity (Wildman–Crippen MR) is 125 cm³/mol. The van der Waals surface area contributed by atoms with E-state index in [1.807, 2.05) is 4.90 Å². The van der Waals surface area contributed by atoms with Crippen molar-refractivity contribution in [3.63, 3.8) is 0 Å². The van der Waals surface area contributed by atoms with Gasteiger partial charge in [0.15, 0.2) is 11.5 Å². The monoisotopic (exact) mass is 441 g/mol. The highest BCUT2D eigenvalue weighted by Crippen LogP contribution is 2.40. The Morgan fingerprint density at radius 2 is 1.47 bits per heavy atom. The van der Waals surface area contributed by atoms with E-state index in [0.717, 1.165) is 12.8 Å². The number of nitrogens with zero attached hydrogens (tertiary/aromatic N) is 1. The SMILES string of the molecule is COc1cc(C(O)c2ccc(C(=O)N(C(C)C)C3CCCCC3)cc2)cc(OC)c1OC. The van der Waals surface area contributed by atoms with Gasteiger partial charge in [-0.3, -0.25) is 4.79 Å². The summed E-state index contributed by atoms with van der Waals surface area (Å²) in [5.41, 5.74) is 1.94. The second-order valence-electron chi connectivity index (χ2n) is 8.58. The highest BCUT2D eigenvalue weighted by Gasteiger charge is 2.28. The summed E-state index contributed by atoms with van der Waals surface area (Å²) in [5, 5.41) is 11.0. The zero-order valence-electron chi connectivity index (χ0n) is 19.8. The van der Waals surface area contributed by atoms with Crippen LogP contribution in [-0.4, -0.2) is 49.3 Å². The predicted octanol–water partition coefficient (Wildman–Crippen LogP) is 4.98. The first-order valence-electron chi connectivity index (χ1n) is 11.3. The van der Waals surface area contributed by atoms with Gasteiger partial charge in [-0.05, 0) is 62.1 Å². The summed E-state index contributed by atoms with van der Waals surface area (Å²) in [7, 11) is 4.63. The number of aliphatic hydroxyl groups excluding tert-OH is 1. The molecule has 1 saturated carbocycles. The standard InChI is InChI=1S/C26H35NO5/c1-17(2)27(21-9-7-6-8-10-21)26(29)19-13-11-18(12-14-19)24(28)20-15-22(30-3)25(32-5)23(16-20)31-4/h11-17,21,24,28H,6-10H2,1-5H3. The van der Waals surface area contributed by atoms with Crippen molar-refractivity contribution >= 4 is 5.91 Å². The summed E-state index contributed by atoms with van der Waals surface area (Å²) < 4.78 is 16.2. The van der Waals surface area contributed by atoms with E-state index in [2.05, 4.69) is 13.8 Å². The van der Waals surface area contributed by atoms with Gasteiger partial charge in [0.25, 0.3) is 5.91 Å². The molecule has 1 fully saturated rings. The van der Waals surface area contributed by atoms with Gasteiger partial charge >= 0.3 is 0 Å². The number of amides is 1. The molecule has 6 heteroatoms. The first-order valence-corrected chi connectivity index (χ1v) is 11.3. The fourth-order valence-electron chi connectivity index (χ4n) is 4.59. The van der Waals surface area contributed by atoms with Crippen LogP contribution in [0.4, 0.5) is 0 Å². The van der Waals surface area contributed by atoms with Crippen molar-refractivity contribution < 1.29 is 24.1 Å². The minimum atomic E-state index is -0.896. The number of ether oxygens (including phenoxy) is 3. The van der Waals surface area contributed by atoms with E-state index < -0.39 is 6.10 Å². The van der Waals surface area contributed by atoms with Crippen LogP contribution >= 0.6 is 0 Å². The summed E-state index contributed by atoms with van der Waals surface area (Å²) in [6.07, 6.45) is 4.86. The normalized spacial score (nSPS) is 15.3. The van der Waals surface area contributed by atoms with Crippen LogP contribution in [0.5, 0.6) is 17.2 Å². The fraction of sp³-hybridized carbons (Fsp3) is 0.500. The van der Waals surface area contributed by atoms with Gasteiger partial charge in [0.1, 0.15) is 6.10 Å². The Balaban J connectivity index is 1.84. The minimum absolute atomic E-state index is 0.0562. The molecule has 1 aliphatic rings. The fourth-order valence-corrected chi connectivity index (χ4v) is 4.59. The molecule has 0 heterocycles. The summed E-state index contributed by atoms with van der Waals surface area (Å²) >= 11 is 0. The maximum absolute atomic E-state index is 13.3. The van der Waals surface area contributed by atoms with Gasteiger partial charge in [-0.15, -0.1) is 0 Å². The van der Waals surface area contributed by atoms with Crippen LogP contribution in [0.25, 0.3) is 0 Å². The highest BCUT2D eigenvalue weighted by molar-refractivity contribution is 5.94. The van der Waals surface area contributed by atoms with Crippen molar-refractivity contribution in [1.82, 2.24) is 4.90 Å². The van der Waals surface area contributed by atoms with Gasteiger partial charge in [-0.1, -0.05) is 31.4 Å². The molecule has 6 nitrogen and oxygen atoms in total. The minimum Gasteiger partial charge on any atom is -0.493 e. The molecular weight excluding hydrogens is 406 g/mol. The van der Waals surface area contributed by atoms with Crippen LogP contribution in [0.1, 0.15) is 73.5 Å². The van der Waals surface area contributed by atoms with Gasteiger partial charge < -0.3 is 24.2 Å². The molecule has 0 radical (unpaired) electrons. The first kappa shape index (κ1) is 23.9. The van der Waals surface area contributed by atoms with Gasteiger partial charge in [0.05, 0.1) is 21.3 Å². The Bertz CT molecular complexity index is 878. The van der Waals surface area contributed by atoms with Crippen LogP contribution in [0.15, 0.2) is 36.4 Å². The molecule has 0 saturated heterocycles. The third-order valence-electron chi connectivity index (χ3n) is 6.24. The van der Waals surface area contributed by atoms with Crippen molar-refractivity contribution in [1.29, 1.82) is 0 Å². The van der Waals surface area contributed by atoms with Gasteiger partial charge in [0, 0.05) is 17.6 Å². The lowest BCUT2D eigenvalue weighted by molar-refractivity contribution is 0.0555. The molecule has 3 rings (SSSR count). The van der Waals surface area contributed by atoms with Crippen LogP contribution in [0.3, 0.4) is 0 Å². The molecule has 1 aliphatic carbocycles. The molecular formula is C26H35NO5. The third-order valence-corrected chi connectivity index (χ3v) is 6.24. The van der Waals surface area contributed by atoms with E-state index in [-0.39, 0.29) is 11.9 Å². The lowest BCUT2D eigenvalue weighted by Crippen LogP contribution is -2.45. The van der Waals surface area contributed by atoms with Gasteiger partial charge in [-0.2, -0.15) is 0 Å². The van der Waals surface area contributed by atoms with Crippen LogP contribution in [-0.2, 0) is 0 Å². The number of hydrogen-bond acceptors (Lipinski definition) is 5. The largest absolute Gasteiger partial charge is 0.493 e. The molecule has 32 heavy (non-hydrogen) atoms. The highest BCUT2D eigenvalue weighted by atomic mass is 16.5. The first-order chi connectivity index (χ1) is 15.4. The van der Waals surface area contributed by atoms with E-state index in [9.17, 15) is 9.90 Å². The Labute approximate surface area is 191 Å².